The van der Waals surface area contributed by atoms with Gasteiger partial charge in [-0.3, -0.25) is 14.8 Å². The second kappa shape index (κ2) is 8.58. The van der Waals surface area contributed by atoms with Crippen molar-refractivity contribution in [3.63, 3.8) is 0 Å². The smallest absolute Gasteiger partial charge is 0.290 e. The Bertz CT molecular complexity index is 815. The van der Waals surface area contributed by atoms with Crippen molar-refractivity contribution >= 4 is 28.6 Å². The molecule has 1 aliphatic carbocycles. The van der Waals surface area contributed by atoms with Crippen LogP contribution >= 0.6 is 11.3 Å². The van der Waals surface area contributed by atoms with Crippen LogP contribution in [-0.2, 0) is 4.79 Å². The van der Waals surface area contributed by atoms with E-state index in [1.54, 1.807) is 11.3 Å². The maximum absolute atomic E-state index is 8.36. The highest BCUT2D eigenvalue weighted by molar-refractivity contribution is 7.13. The normalized spacial score (nSPS) is 14.6. The predicted octanol–water partition coefficient (Wildman–Crippen LogP) is 4.77. The number of carboxylic acid groups (broad SMARTS) is 1. The first-order valence-corrected chi connectivity index (χ1v) is 9.21. The summed E-state index contributed by atoms with van der Waals surface area (Å²) in [5.41, 5.74) is 3.06. The molecular formula is C19H20N2O3S. The summed E-state index contributed by atoms with van der Waals surface area (Å²) < 4.78 is 6.27. The molecule has 0 radical (unpaired) electrons. The van der Waals surface area contributed by atoms with Crippen LogP contribution in [0.2, 0.25) is 0 Å². The molecule has 3 aromatic rings. The Morgan fingerprint density at radius 2 is 1.92 bits per heavy atom. The van der Waals surface area contributed by atoms with Gasteiger partial charge in [0.15, 0.2) is 0 Å². The number of hydrogen-bond donors (Lipinski definition) is 1. The Hall–Kier alpha value is -2.47. The number of thiazole rings is 1. The van der Waals surface area contributed by atoms with Crippen molar-refractivity contribution in [2.75, 3.05) is 0 Å². The zero-order chi connectivity index (χ0) is 17.5. The van der Waals surface area contributed by atoms with E-state index in [1.165, 1.54) is 29.7 Å². The van der Waals surface area contributed by atoms with Crippen LogP contribution in [0.15, 0.2) is 42.3 Å². The average Bonchev–Trinajstić information content (AvgIpc) is 3.18. The molecule has 130 valence electrons. The zero-order valence-corrected chi connectivity index (χ0v) is 14.6. The Kier molecular flexibility index (Phi) is 5.95. The molecule has 1 aliphatic rings. The molecule has 5 nitrogen and oxygen atoms in total. The Labute approximate surface area is 150 Å². The summed E-state index contributed by atoms with van der Waals surface area (Å²) in [6.07, 6.45) is 12.2. The molecule has 0 atom stereocenters. The number of rotatable bonds is 3. The van der Waals surface area contributed by atoms with Crippen LogP contribution in [0.4, 0.5) is 0 Å². The molecule has 0 spiro atoms. The van der Waals surface area contributed by atoms with E-state index in [4.69, 9.17) is 14.6 Å². The van der Waals surface area contributed by atoms with Crippen LogP contribution in [-0.4, -0.2) is 27.7 Å². The van der Waals surface area contributed by atoms with Crippen LogP contribution < -0.4 is 4.74 Å². The van der Waals surface area contributed by atoms with Crippen molar-refractivity contribution < 1.29 is 14.6 Å². The molecule has 1 fully saturated rings. The second-order valence-corrected chi connectivity index (χ2v) is 6.81. The number of ether oxygens (including phenoxy) is 1. The highest BCUT2D eigenvalue weighted by atomic mass is 32.1. The van der Waals surface area contributed by atoms with Gasteiger partial charge in [0.2, 0.25) is 0 Å². The van der Waals surface area contributed by atoms with Gasteiger partial charge in [-0.15, -0.1) is 11.3 Å². The number of nitrogens with zero attached hydrogens (tertiary/aromatic N) is 2. The van der Waals surface area contributed by atoms with E-state index < -0.39 is 0 Å². The van der Waals surface area contributed by atoms with Crippen LogP contribution in [0.5, 0.6) is 5.75 Å². The first kappa shape index (κ1) is 17.4. The van der Waals surface area contributed by atoms with Gasteiger partial charge in [-0.2, -0.15) is 0 Å². The fraction of sp³-hybridized carbons (Fsp3) is 0.316. The molecule has 0 amide bonds. The van der Waals surface area contributed by atoms with Gasteiger partial charge in [-0.25, -0.2) is 0 Å². The van der Waals surface area contributed by atoms with E-state index in [-0.39, 0.29) is 6.47 Å². The second-order valence-electron chi connectivity index (χ2n) is 5.92. The van der Waals surface area contributed by atoms with E-state index in [0.717, 1.165) is 29.4 Å². The van der Waals surface area contributed by atoms with E-state index in [0.29, 0.717) is 6.10 Å². The summed E-state index contributed by atoms with van der Waals surface area (Å²) >= 11 is 1.66. The van der Waals surface area contributed by atoms with E-state index in [2.05, 4.69) is 28.2 Å². The van der Waals surface area contributed by atoms with Crippen LogP contribution in [0.1, 0.15) is 32.1 Å². The van der Waals surface area contributed by atoms with Gasteiger partial charge >= 0.3 is 0 Å². The topological polar surface area (TPSA) is 72.3 Å². The molecule has 4 rings (SSSR count). The number of fused-ring (bicyclic) bond motifs is 1. The van der Waals surface area contributed by atoms with Gasteiger partial charge in [-0.05, 0) is 37.3 Å². The monoisotopic (exact) mass is 356 g/mol. The standard InChI is InChI=1S/C18H18N2OS.CH2O2/c1-2-4-15(5-3-1)21-17-10-19-9-14-7-6-13(8-16(14)17)18-11-20-12-22-18;2-1-3/h6-12,15H,1-5H2;1H,(H,2,3). The average molecular weight is 356 g/mol. The van der Waals surface area contributed by atoms with Crippen molar-refractivity contribution in [2.24, 2.45) is 0 Å². The third kappa shape index (κ3) is 4.33. The third-order valence-electron chi connectivity index (χ3n) is 4.29. The van der Waals surface area contributed by atoms with Gasteiger partial charge in [-0.1, -0.05) is 18.6 Å². The molecule has 6 heteroatoms. The fourth-order valence-corrected chi connectivity index (χ4v) is 3.73. The molecule has 25 heavy (non-hydrogen) atoms. The minimum Gasteiger partial charge on any atom is -0.488 e. The molecule has 0 aliphatic heterocycles. The first-order chi connectivity index (χ1) is 12.3. The maximum Gasteiger partial charge on any atom is 0.290 e. The molecule has 0 bridgehead atoms. The number of aromatic nitrogens is 2. The van der Waals surface area contributed by atoms with Crippen molar-refractivity contribution in [1.29, 1.82) is 0 Å². The van der Waals surface area contributed by atoms with E-state index in [9.17, 15) is 0 Å². The molecule has 1 saturated carbocycles. The summed E-state index contributed by atoms with van der Waals surface area (Å²) in [5, 5.41) is 9.16. The highest BCUT2D eigenvalue weighted by Gasteiger charge is 2.16. The highest BCUT2D eigenvalue weighted by Crippen LogP contribution is 2.33. The van der Waals surface area contributed by atoms with Crippen molar-refractivity contribution in [3.8, 4) is 16.2 Å². The predicted molar refractivity (Wildman–Crippen MR) is 99.0 cm³/mol. The lowest BCUT2D eigenvalue weighted by Crippen LogP contribution is -2.19. The van der Waals surface area contributed by atoms with Crippen molar-refractivity contribution in [3.05, 3.63) is 42.3 Å². The largest absolute Gasteiger partial charge is 0.488 e. The Morgan fingerprint density at radius 3 is 2.64 bits per heavy atom. The van der Waals surface area contributed by atoms with E-state index >= 15 is 0 Å². The van der Waals surface area contributed by atoms with Crippen molar-refractivity contribution in [2.45, 2.75) is 38.2 Å². The van der Waals surface area contributed by atoms with Gasteiger partial charge in [0.25, 0.3) is 6.47 Å². The van der Waals surface area contributed by atoms with Crippen LogP contribution in [0, 0.1) is 0 Å². The van der Waals surface area contributed by atoms with Crippen molar-refractivity contribution in [1.82, 2.24) is 9.97 Å². The Balaban J connectivity index is 0.000000569. The summed E-state index contributed by atoms with van der Waals surface area (Å²) in [5.74, 6) is 0.913. The summed E-state index contributed by atoms with van der Waals surface area (Å²) in [6, 6.07) is 6.44. The maximum atomic E-state index is 8.36. The molecule has 0 saturated heterocycles. The lowest BCUT2D eigenvalue weighted by molar-refractivity contribution is -0.122. The third-order valence-corrected chi connectivity index (χ3v) is 5.11. The molecule has 2 aromatic heterocycles. The molecular weight excluding hydrogens is 336 g/mol. The van der Waals surface area contributed by atoms with Gasteiger partial charge in [0.05, 0.1) is 22.7 Å². The van der Waals surface area contributed by atoms with Gasteiger partial charge in [0.1, 0.15) is 5.75 Å². The van der Waals surface area contributed by atoms with Crippen LogP contribution in [0.3, 0.4) is 0 Å². The fourth-order valence-electron chi connectivity index (χ4n) is 3.11. The summed E-state index contributed by atoms with van der Waals surface area (Å²) in [6.45, 7) is -0.250. The Morgan fingerprint density at radius 1 is 1.12 bits per heavy atom. The first-order valence-electron chi connectivity index (χ1n) is 8.33. The minimum atomic E-state index is -0.250. The minimum absolute atomic E-state index is 0.250. The van der Waals surface area contributed by atoms with Gasteiger partial charge < -0.3 is 9.84 Å². The lowest BCUT2D eigenvalue weighted by atomic mass is 9.97. The zero-order valence-electron chi connectivity index (χ0n) is 13.8. The quantitative estimate of drug-likeness (QED) is 0.684. The summed E-state index contributed by atoms with van der Waals surface area (Å²) in [4.78, 5) is 18.0. The SMILES string of the molecule is O=CO.c1ncc(-c2ccc3cncc(OC4CCCCC4)c3c2)s1. The number of benzene rings is 1. The van der Waals surface area contributed by atoms with E-state index in [1.807, 2.05) is 24.1 Å². The summed E-state index contributed by atoms with van der Waals surface area (Å²) in [7, 11) is 0. The molecule has 1 N–H and O–H groups in total. The van der Waals surface area contributed by atoms with Crippen LogP contribution in [0.25, 0.3) is 21.2 Å². The number of carbonyl (C=O) groups is 1. The number of pyridine rings is 1. The lowest BCUT2D eigenvalue weighted by Gasteiger charge is -2.23. The molecule has 0 unspecified atom stereocenters. The van der Waals surface area contributed by atoms with Gasteiger partial charge in [0, 0.05) is 23.2 Å². The molecule has 2 heterocycles. The number of hydrogen-bond acceptors (Lipinski definition) is 5. The molecule has 1 aromatic carbocycles.